The Balaban J connectivity index is 1.60. The number of amides is 1. The van der Waals surface area contributed by atoms with E-state index < -0.39 is 5.60 Å². The van der Waals surface area contributed by atoms with E-state index in [0.717, 1.165) is 22.3 Å². The van der Waals surface area contributed by atoms with Crippen LogP contribution in [0.5, 0.6) is 0 Å². The molecule has 0 radical (unpaired) electrons. The van der Waals surface area contributed by atoms with Gasteiger partial charge in [0, 0.05) is 29.6 Å². The molecule has 1 aromatic heterocycles. The third-order valence-corrected chi connectivity index (χ3v) is 5.04. The number of carbonyl (C=O) groups is 1. The molecule has 2 aromatic carbocycles. The Morgan fingerprint density at radius 3 is 2.52 bits per heavy atom. The molecule has 3 N–H and O–H groups in total. The molecule has 1 aliphatic rings. The van der Waals surface area contributed by atoms with Crippen LogP contribution in [0.1, 0.15) is 24.8 Å². The fraction of sp³-hybridized carbons (Fsp3) is 0.286. The highest BCUT2D eigenvalue weighted by Gasteiger charge is 2.40. The number of carbonyl (C=O) groups excluding carboxylic acids is 1. The van der Waals surface area contributed by atoms with Crippen molar-refractivity contribution in [3.05, 3.63) is 59.7 Å². The predicted molar refractivity (Wildman–Crippen MR) is 99.2 cm³/mol. The van der Waals surface area contributed by atoms with E-state index in [9.17, 15) is 18.7 Å². The standard InChI is InChI=1S/C21H20F2N2O2/c22-14-3-1-13(2-4-14)20-16(17-11-15(23)5-7-18(17)25-20)6-8-19(26)24-12-21(27)9-10-21/h1-5,7,11,25,27H,6,8-10,12H2,(H,24,26). The Kier molecular flexibility index (Phi) is 4.44. The Morgan fingerprint density at radius 1 is 1.11 bits per heavy atom. The van der Waals surface area contributed by atoms with E-state index in [2.05, 4.69) is 10.3 Å². The van der Waals surface area contributed by atoms with E-state index in [4.69, 9.17) is 0 Å². The summed E-state index contributed by atoms with van der Waals surface area (Å²) in [5.74, 6) is -0.847. The number of nitrogens with one attached hydrogen (secondary N) is 2. The lowest BCUT2D eigenvalue weighted by atomic mass is 10.0. The summed E-state index contributed by atoms with van der Waals surface area (Å²) in [5, 5.41) is 13.3. The molecule has 0 saturated heterocycles. The van der Waals surface area contributed by atoms with Crippen molar-refractivity contribution in [2.75, 3.05) is 6.54 Å². The highest BCUT2D eigenvalue weighted by Crippen LogP contribution is 2.34. The molecule has 1 fully saturated rings. The van der Waals surface area contributed by atoms with Gasteiger partial charge in [0.25, 0.3) is 0 Å². The van der Waals surface area contributed by atoms with Crippen molar-refractivity contribution < 1.29 is 18.7 Å². The molecule has 0 unspecified atom stereocenters. The molecule has 1 amide bonds. The molecule has 3 aromatic rings. The first-order valence-corrected chi connectivity index (χ1v) is 8.99. The van der Waals surface area contributed by atoms with Crippen LogP contribution in [0.4, 0.5) is 8.78 Å². The van der Waals surface area contributed by atoms with Crippen molar-refractivity contribution in [2.45, 2.75) is 31.3 Å². The van der Waals surface area contributed by atoms with Gasteiger partial charge >= 0.3 is 0 Å². The molecule has 1 saturated carbocycles. The van der Waals surface area contributed by atoms with E-state index in [1.54, 1.807) is 18.2 Å². The summed E-state index contributed by atoms with van der Waals surface area (Å²) in [6.45, 7) is 0.263. The molecule has 27 heavy (non-hydrogen) atoms. The molecule has 1 aliphatic carbocycles. The Morgan fingerprint density at radius 2 is 1.81 bits per heavy atom. The van der Waals surface area contributed by atoms with Gasteiger partial charge in [0.2, 0.25) is 5.91 Å². The molecule has 4 nitrogen and oxygen atoms in total. The number of hydrogen-bond donors (Lipinski definition) is 3. The zero-order chi connectivity index (χ0) is 19.0. The monoisotopic (exact) mass is 370 g/mol. The summed E-state index contributed by atoms with van der Waals surface area (Å²) < 4.78 is 27.0. The lowest BCUT2D eigenvalue weighted by molar-refractivity contribution is -0.121. The highest BCUT2D eigenvalue weighted by molar-refractivity contribution is 5.91. The summed E-state index contributed by atoms with van der Waals surface area (Å²) in [5.41, 5.74) is 2.37. The molecular weight excluding hydrogens is 350 g/mol. The first-order valence-electron chi connectivity index (χ1n) is 8.99. The van der Waals surface area contributed by atoms with Gasteiger partial charge in [-0.3, -0.25) is 4.79 Å². The quantitative estimate of drug-likeness (QED) is 0.620. The van der Waals surface area contributed by atoms with Gasteiger partial charge in [0.05, 0.1) is 5.60 Å². The molecule has 0 spiro atoms. The minimum atomic E-state index is -0.737. The largest absolute Gasteiger partial charge is 0.388 e. The highest BCUT2D eigenvalue weighted by atomic mass is 19.1. The lowest BCUT2D eigenvalue weighted by Gasteiger charge is -2.10. The Labute approximate surface area is 155 Å². The maximum Gasteiger partial charge on any atom is 0.220 e. The second kappa shape index (κ2) is 6.78. The number of benzene rings is 2. The van der Waals surface area contributed by atoms with Gasteiger partial charge in [-0.15, -0.1) is 0 Å². The van der Waals surface area contributed by atoms with Crippen LogP contribution in [-0.4, -0.2) is 28.1 Å². The molecule has 140 valence electrons. The smallest absolute Gasteiger partial charge is 0.220 e. The zero-order valence-corrected chi connectivity index (χ0v) is 14.7. The number of H-pyrrole nitrogens is 1. The van der Waals surface area contributed by atoms with Gasteiger partial charge < -0.3 is 15.4 Å². The molecule has 1 heterocycles. The Bertz CT molecular complexity index is 991. The molecule has 0 bridgehead atoms. The average Bonchev–Trinajstić information content (AvgIpc) is 3.28. The number of aromatic amines is 1. The summed E-state index contributed by atoms with van der Waals surface area (Å²) in [4.78, 5) is 15.4. The number of aromatic nitrogens is 1. The van der Waals surface area contributed by atoms with Gasteiger partial charge in [0.1, 0.15) is 11.6 Å². The van der Waals surface area contributed by atoms with Crippen molar-refractivity contribution in [1.82, 2.24) is 10.3 Å². The van der Waals surface area contributed by atoms with Gasteiger partial charge in [-0.1, -0.05) is 0 Å². The number of halogens is 2. The van der Waals surface area contributed by atoms with Crippen molar-refractivity contribution in [3.8, 4) is 11.3 Å². The normalized spacial score (nSPS) is 15.1. The van der Waals surface area contributed by atoms with Gasteiger partial charge in [-0.25, -0.2) is 8.78 Å². The zero-order valence-electron chi connectivity index (χ0n) is 14.7. The third kappa shape index (κ3) is 3.85. The predicted octanol–water partition coefficient (Wildman–Crippen LogP) is 3.69. The maximum atomic E-state index is 13.8. The summed E-state index contributed by atoms with van der Waals surface area (Å²) in [6, 6.07) is 10.5. The Hall–Kier alpha value is -2.73. The average molecular weight is 370 g/mol. The van der Waals surface area contributed by atoms with E-state index >= 15 is 0 Å². The number of fused-ring (bicyclic) bond motifs is 1. The van der Waals surface area contributed by atoms with Crippen molar-refractivity contribution in [2.24, 2.45) is 0 Å². The van der Waals surface area contributed by atoms with Crippen LogP contribution < -0.4 is 5.32 Å². The number of hydrogen-bond acceptors (Lipinski definition) is 2. The SMILES string of the molecule is O=C(CCc1c(-c2ccc(F)cc2)[nH]c2ccc(F)cc12)NCC1(O)CC1. The van der Waals surface area contributed by atoms with Crippen LogP contribution in [-0.2, 0) is 11.2 Å². The van der Waals surface area contributed by atoms with Crippen LogP contribution in [0.3, 0.4) is 0 Å². The molecule has 6 heteroatoms. The minimum Gasteiger partial charge on any atom is -0.388 e. The number of aryl methyl sites for hydroxylation is 1. The van der Waals surface area contributed by atoms with Gasteiger partial charge in [0.15, 0.2) is 0 Å². The van der Waals surface area contributed by atoms with Gasteiger partial charge in [-0.2, -0.15) is 0 Å². The molecule has 0 aliphatic heterocycles. The van der Waals surface area contributed by atoms with E-state index in [1.165, 1.54) is 24.3 Å². The summed E-state index contributed by atoms with van der Waals surface area (Å²) >= 11 is 0. The lowest BCUT2D eigenvalue weighted by Crippen LogP contribution is -2.33. The first-order chi connectivity index (χ1) is 12.9. The van der Waals surface area contributed by atoms with Crippen LogP contribution in [0, 0.1) is 11.6 Å². The van der Waals surface area contributed by atoms with Crippen LogP contribution in [0.25, 0.3) is 22.2 Å². The number of aliphatic hydroxyl groups is 1. The summed E-state index contributed by atoms with van der Waals surface area (Å²) in [7, 11) is 0. The molecule has 4 rings (SSSR count). The molecular formula is C21H20F2N2O2. The van der Waals surface area contributed by atoms with E-state index in [0.29, 0.717) is 24.6 Å². The topological polar surface area (TPSA) is 65.1 Å². The number of rotatable bonds is 6. The minimum absolute atomic E-state index is 0.161. The van der Waals surface area contributed by atoms with Crippen LogP contribution >= 0.6 is 0 Å². The van der Waals surface area contributed by atoms with Crippen LogP contribution in [0.2, 0.25) is 0 Å². The molecule has 0 atom stereocenters. The second-order valence-electron chi connectivity index (χ2n) is 7.18. The van der Waals surface area contributed by atoms with E-state index in [1.807, 2.05) is 0 Å². The fourth-order valence-electron chi connectivity index (χ4n) is 3.25. The van der Waals surface area contributed by atoms with Crippen molar-refractivity contribution in [1.29, 1.82) is 0 Å². The van der Waals surface area contributed by atoms with Crippen molar-refractivity contribution >= 4 is 16.8 Å². The van der Waals surface area contributed by atoms with Gasteiger partial charge in [-0.05, 0) is 72.9 Å². The van der Waals surface area contributed by atoms with E-state index in [-0.39, 0.29) is 30.5 Å². The second-order valence-corrected chi connectivity index (χ2v) is 7.18. The van der Waals surface area contributed by atoms with Crippen molar-refractivity contribution in [3.63, 3.8) is 0 Å². The van der Waals surface area contributed by atoms with Crippen LogP contribution in [0.15, 0.2) is 42.5 Å². The summed E-state index contributed by atoms with van der Waals surface area (Å²) in [6.07, 6.45) is 2.04. The fourth-order valence-corrected chi connectivity index (χ4v) is 3.25. The third-order valence-electron chi connectivity index (χ3n) is 5.04. The maximum absolute atomic E-state index is 13.8. The first kappa shape index (κ1) is 17.7.